The van der Waals surface area contributed by atoms with Gasteiger partial charge in [-0.15, -0.1) is 0 Å². The first kappa shape index (κ1) is 16.4. The third-order valence-corrected chi connectivity index (χ3v) is 6.54. The molecular formula is C17H19F3N4O. The molecule has 1 amide bonds. The number of H-pyrrole nitrogens is 1. The number of carbonyl (C=O) groups excluding carboxylic acids is 1. The standard InChI is InChI=1S/C17H19F3N4O/c1-15(2)13-7-9-6-11-12(22-23-21-11)8-10(9)16(15,3)4-5-24(13)14(25)17(18,19)20/h6,8,13H,4-5,7H2,1-3H3,(H,21,22,23)/t13?,16-/m0/s1. The van der Waals surface area contributed by atoms with E-state index in [-0.39, 0.29) is 12.0 Å². The van der Waals surface area contributed by atoms with Gasteiger partial charge in [0.25, 0.3) is 0 Å². The van der Waals surface area contributed by atoms with Crippen molar-refractivity contribution < 1.29 is 18.0 Å². The number of alkyl halides is 3. The third kappa shape index (κ3) is 2.05. The van der Waals surface area contributed by atoms with Crippen molar-refractivity contribution in [1.82, 2.24) is 20.3 Å². The summed E-state index contributed by atoms with van der Waals surface area (Å²) in [6.07, 6.45) is -3.97. The van der Waals surface area contributed by atoms with Gasteiger partial charge in [-0.3, -0.25) is 4.79 Å². The summed E-state index contributed by atoms with van der Waals surface area (Å²) in [4.78, 5) is 13.0. The second-order valence-electron chi connectivity index (χ2n) is 7.84. The molecule has 1 aliphatic heterocycles. The first-order valence-electron chi connectivity index (χ1n) is 8.27. The Labute approximate surface area is 142 Å². The number of halogens is 3. The lowest BCUT2D eigenvalue weighted by atomic mass is 9.51. The highest BCUT2D eigenvalue weighted by atomic mass is 19.4. The fourth-order valence-corrected chi connectivity index (χ4v) is 4.66. The van der Waals surface area contributed by atoms with Gasteiger partial charge in [-0.05, 0) is 41.5 Å². The maximum atomic E-state index is 13.1. The van der Waals surface area contributed by atoms with Crippen LogP contribution in [0.4, 0.5) is 13.2 Å². The number of hydrogen-bond acceptors (Lipinski definition) is 3. The van der Waals surface area contributed by atoms with Crippen molar-refractivity contribution in [3.63, 3.8) is 0 Å². The van der Waals surface area contributed by atoms with Crippen molar-refractivity contribution in [3.05, 3.63) is 23.3 Å². The summed E-state index contributed by atoms with van der Waals surface area (Å²) < 4.78 is 39.2. The molecule has 0 radical (unpaired) electrons. The highest BCUT2D eigenvalue weighted by molar-refractivity contribution is 5.83. The molecule has 134 valence electrons. The number of fused-ring (bicyclic) bond motifs is 5. The number of nitrogens with one attached hydrogen (secondary N) is 1. The summed E-state index contributed by atoms with van der Waals surface area (Å²) in [5, 5.41) is 10.8. The van der Waals surface area contributed by atoms with E-state index < -0.39 is 23.5 Å². The number of aromatic amines is 1. The molecule has 4 rings (SSSR count). The maximum absolute atomic E-state index is 13.1. The van der Waals surface area contributed by atoms with Gasteiger partial charge in [0.2, 0.25) is 0 Å². The third-order valence-electron chi connectivity index (χ3n) is 6.54. The lowest BCUT2D eigenvalue weighted by Gasteiger charge is -2.60. The first-order chi connectivity index (χ1) is 11.6. The number of carbonyl (C=O) groups is 1. The minimum Gasteiger partial charge on any atom is -0.331 e. The first-order valence-corrected chi connectivity index (χ1v) is 8.27. The van der Waals surface area contributed by atoms with Crippen molar-refractivity contribution in [3.8, 4) is 0 Å². The molecule has 2 bridgehead atoms. The molecule has 0 spiro atoms. The van der Waals surface area contributed by atoms with Crippen molar-refractivity contribution in [2.75, 3.05) is 6.54 Å². The van der Waals surface area contributed by atoms with Crippen molar-refractivity contribution in [2.24, 2.45) is 5.41 Å². The number of hydrogen-bond donors (Lipinski definition) is 1. The van der Waals surface area contributed by atoms with Gasteiger partial charge in [0.15, 0.2) is 0 Å². The van der Waals surface area contributed by atoms with Gasteiger partial charge in [0.1, 0.15) is 11.0 Å². The van der Waals surface area contributed by atoms with E-state index in [1.807, 2.05) is 26.0 Å². The van der Waals surface area contributed by atoms with Gasteiger partial charge in [-0.25, -0.2) is 0 Å². The van der Waals surface area contributed by atoms with Crippen molar-refractivity contribution >= 4 is 16.9 Å². The summed E-state index contributed by atoms with van der Waals surface area (Å²) in [5.74, 6) is -1.74. The molecule has 5 nitrogen and oxygen atoms in total. The summed E-state index contributed by atoms with van der Waals surface area (Å²) in [7, 11) is 0. The number of benzene rings is 1. The van der Waals surface area contributed by atoms with Gasteiger partial charge in [-0.1, -0.05) is 20.8 Å². The van der Waals surface area contributed by atoms with Crippen LogP contribution < -0.4 is 0 Å². The van der Waals surface area contributed by atoms with Crippen molar-refractivity contribution in [2.45, 2.75) is 51.2 Å². The van der Waals surface area contributed by atoms with Gasteiger partial charge < -0.3 is 4.90 Å². The molecule has 2 atom stereocenters. The molecular weight excluding hydrogens is 333 g/mol. The van der Waals surface area contributed by atoms with E-state index in [9.17, 15) is 18.0 Å². The fraction of sp³-hybridized carbons (Fsp3) is 0.588. The van der Waals surface area contributed by atoms with Crippen LogP contribution in [0, 0.1) is 5.41 Å². The van der Waals surface area contributed by atoms with Crippen LogP contribution in [0.2, 0.25) is 0 Å². The zero-order valence-corrected chi connectivity index (χ0v) is 14.2. The summed E-state index contributed by atoms with van der Waals surface area (Å²) >= 11 is 0. The molecule has 1 aromatic carbocycles. The van der Waals surface area contributed by atoms with Gasteiger partial charge in [0, 0.05) is 18.0 Å². The minimum absolute atomic E-state index is 0.110. The van der Waals surface area contributed by atoms with Crippen LogP contribution in [0.5, 0.6) is 0 Å². The molecule has 1 aromatic heterocycles. The van der Waals surface area contributed by atoms with E-state index >= 15 is 0 Å². The topological polar surface area (TPSA) is 61.9 Å². The molecule has 2 aromatic rings. The van der Waals surface area contributed by atoms with Crippen LogP contribution in [0.25, 0.3) is 11.0 Å². The fourth-order valence-electron chi connectivity index (χ4n) is 4.66. The SMILES string of the molecule is CC1(C)C2Cc3cc4n[nH]nc4cc3[C@]1(C)CCN2C(=O)C(F)(F)F. The molecule has 1 unspecified atom stereocenters. The second-order valence-corrected chi connectivity index (χ2v) is 7.84. The van der Waals surface area contributed by atoms with Crippen LogP contribution in [-0.2, 0) is 16.6 Å². The predicted octanol–water partition coefficient (Wildman–Crippen LogP) is 2.96. The molecule has 1 fully saturated rings. The summed E-state index contributed by atoms with van der Waals surface area (Å²) in [5.41, 5.74) is 2.68. The normalized spacial score (nSPS) is 28.1. The highest BCUT2D eigenvalue weighted by Gasteiger charge is 2.59. The molecule has 8 heteroatoms. The Kier molecular flexibility index (Phi) is 3.10. The van der Waals surface area contributed by atoms with Crippen LogP contribution in [0.3, 0.4) is 0 Å². The van der Waals surface area contributed by atoms with E-state index in [0.717, 1.165) is 21.5 Å². The van der Waals surface area contributed by atoms with Crippen LogP contribution in [0.15, 0.2) is 12.1 Å². The van der Waals surface area contributed by atoms with Crippen LogP contribution in [-0.4, -0.2) is 45.0 Å². The average molecular weight is 352 g/mol. The molecule has 1 aliphatic carbocycles. The molecule has 0 saturated carbocycles. The Morgan fingerprint density at radius 2 is 1.88 bits per heavy atom. The number of aromatic nitrogens is 3. The Hall–Kier alpha value is -2.12. The Morgan fingerprint density at radius 1 is 1.24 bits per heavy atom. The zero-order valence-electron chi connectivity index (χ0n) is 14.2. The van der Waals surface area contributed by atoms with Gasteiger partial charge in [-0.2, -0.15) is 28.6 Å². The van der Waals surface area contributed by atoms with E-state index in [2.05, 4.69) is 22.3 Å². The minimum atomic E-state index is -4.85. The van der Waals surface area contributed by atoms with Gasteiger partial charge >= 0.3 is 12.1 Å². The Morgan fingerprint density at radius 3 is 2.52 bits per heavy atom. The molecule has 2 heterocycles. The van der Waals surface area contributed by atoms with E-state index in [0.29, 0.717) is 18.4 Å². The molecule has 1 N–H and O–H groups in total. The monoisotopic (exact) mass is 352 g/mol. The Balaban J connectivity index is 1.87. The number of nitrogens with zero attached hydrogens (tertiary/aromatic N) is 3. The summed E-state index contributed by atoms with van der Waals surface area (Å²) in [6, 6.07) is 3.38. The zero-order chi connectivity index (χ0) is 18.2. The van der Waals surface area contributed by atoms with E-state index in [1.165, 1.54) is 0 Å². The number of likely N-dealkylation sites (tertiary alicyclic amines) is 1. The van der Waals surface area contributed by atoms with E-state index in [4.69, 9.17) is 0 Å². The van der Waals surface area contributed by atoms with E-state index in [1.54, 1.807) is 0 Å². The predicted molar refractivity (Wildman–Crippen MR) is 84.9 cm³/mol. The maximum Gasteiger partial charge on any atom is 0.471 e. The second kappa shape index (κ2) is 4.74. The Bertz CT molecular complexity index is 872. The molecule has 1 saturated heterocycles. The smallest absolute Gasteiger partial charge is 0.331 e. The largest absolute Gasteiger partial charge is 0.471 e. The quantitative estimate of drug-likeness (QED) is 0.793. The van der Waals surface area contributed by atoms with Crippen LogP contribution >= 0.6 is 0 Å². The highest BCUT2D eigenvalue weighted by Crippen LogP contribution is 2.56. The molecule has 2 aliphatic rings. The lowest BCUT2D eigenvalue weighted by molar-refractivity contribution is -0.195. The summed E-state index contributed by atoms with van der Waals surface area (Å²) in [6.45, 7) is 6.12. The molecule has 25 heavy (non-hydrogen) atoms. The van der Waals surface area contributed by atoms with Crippen molar-refractivity contribution in [1.29, 1.82) is 0 Å². The number of piperidine rings is 1. The van der Waals surface area contributed by atoms with Gasteiger partial charge in [0.05, 0.1) is 0 Å². The number of rotatable bonds is 0. The average Bonchev–Trinajstić information content (AvgIpc) is 2.95. The number of amides is 1. The van der Waals surface area contributed by atoms with Crippen LogP contribution in [0.1, 0.15) is 38.3 Å². The lowest BCUT2D eigenvalue weighted by Crippen LogP contribution is -2.66.